The molecule has 0 amide bonds. The number of methoxy groups -OCH3 is 1. The van der Waals surface area contributed by atoms with Crippen molar-refractivity contribution in [1.82, 2.24) is 0 Å². The number of ether oxygens (including phenoxy) is 2. The van der Waals surface area contributed by atoms with E-state index in [2.05, 4.69) is 0 Å². The maximum Gasteiger partial charge on any atom is 0.323 e. The van der Waals surface area contributed by atoms with E-state index in [1.807, 2.05) is 27.7 Å². The SMILES string of the molecule is CCOC(=O)C(CC(C)C)(CC(C)C)C(=O)OC. The number of hydrogen-bond donors (Lipinski definition) is 0. The molecule has 4 nitrogen and oxygen atoms in total. The third kappa shape index (κ3) is 4.31. The van der Waals surface area contributed by atoms with Crippen LogP contribution in [0, 0.1) is 17.3 Å². The molecule has 0 spiro atoms. The zero-order chi connectivity index (χ0) is 14.3. The molecule has 0 fully saturated rings. The largest absolute Gasteiger partial charge is 0.468 e. The summed E-state index contributed by atoms with van der Waals surface area (Å²) >= 11 is 0. The van der Waals surface area contributed by atoms with Gasteiger partial charge < -0.3 is 9.47 Å². The highest BCUT2D eigenvalue weighted by Crippen LogP contribution is 2.36. The predicted molar refractivity (Wildman–Crippen MR) is 70.0 cm³/mol. The highest BCUT2D eigenvalue weighted by molar-refractivity contribution is 6.00. The van der Waals surface area contributed by atoms with Crippen LogP contribution in [0.2, 0.25) is 0 Å². The van der Waals surface area contributed by atoms with Crippen LogP contribution in [-0.2, 0) is 19.1 Å². The van der Waals surface area contributed by atoms with E-state index >= 15 is 0 Å². The van der Waals surface area contributed by atoms with E-state index in [0.29, 0.717) is 12.8 Å². The minimum atomic E-state index is -1.16. The summed E-state index contributed by atoms with van der Waals surface area (Å²) < 4.78 is 9.94. The first-order chi connectivity index (χ1) is 8.30. The summed E-state index contributed by atoms with van der Waals surface area (Å²) in [6.07, 6.45) is 0.910. The van der Waals surface area contributed by atoms with Gasteiger partial charge in [-0.15, -0.1) is 0 Å². The van der Waals surface area contributed by atoms with Crippen LogP contribution in [0.1, 0.15) is 47.5 Å². The quantitative estimate of drug-likeness (QED) is 0.520. The molecule has 106 valence electrons. The first-order valence-corrected chi connectivity index (χ1v) is 6.55. The number of carbonyl (C=O) groups excluding carboxylic acids is 2. The summed E-state index contributed by atoms with van der Waals surface area (Å²) in [5.74, 6) is -0.512. The number of hydrogen-bond acceptors (Lipinski definition) is 4. The van der Waals surface area contributed by atoms with Crippen LogP contribution < -0.4 is 0 Å². The van der Waals surface area contributed by atoms with Crippen molar-refractivity contribution in [1.29, 1.82) is 0 Å². The first kappa shape index (κ1) is 16.9. The summed E-state index contributed by atoms with van der Waals surface area (Å²) in [5.41, 5.74) is -1.16. The van der Waals surface area contributed by atoms with Crippen LogP contribution in [0.5, 0.6) is 0 Å². The Kier molecular flexibility index (Phi) is 6.96. The molecule has 0 aliphatic carbocycles. The average Bonchev–Trinajstić information content (AvgIpc) is 2.25. The molecule has 4 heteroatoms. The van der Waals surface area contributed by atoms with Gasteiger partial charge in [0.15, 0.2) is 5.41 Å². The van der Waals surface area contributed by atoms with Crippen molar-refractivity contribution < 1.29 is 19.1 Å². The minimum Gasteiger partial charge on any atom is -0.468 e. The Morgan fingerprint density at radius 3 is 1.72 bits per heavy atom. The summed E-state index contributed by atoms with van der Waals surface area (Å²) in [4.78, 5) is 24.3. The standard InChI is InChI=1S/C14H26O4/c1-7-18-13(16)14(8-10(2)3,9-11(4)5)12(15)17-6/h10-11H,7-9H2,1-6H3. The van der Waals surface area contributed by atoms with Gasteiger partial charge in [0.2, 0.25) is 0 Å². The molecule has 0 rings (SSSR count). The second-order valence-electron chi connectivity index (χ2n) is 5.49. The monoisotopic (exact) mass is 258 g/mol. The van der Waals surface area contributed by atoms with Crippen molar-refractivity contribution in [3.05, 3.63) is 0 Å². The molecule has 0 N–H and O–H groups in total. The van der Waals surface area contributed by atoms with Gasteiger partial charge >= 0.3 is 11.9 Å². The fourth-order valence-corrected chi connectivity index (χ4v) is 2.36. The van der Waals surface area contributed by atoms with Crippen LogP contribution in [0.3, 0.4) is 0 Å². The van der Waals surface area contributed by atoms with Gasteiger partial charge in [0, 0.05) is 0 Å². The van der Waals surface area contributed by atoms with Gasteiger partial charge in [0.25, 0.3) is 0 Å². The molecule has 0 saturated carbocycles. The van der Waals surface area contributed by atoms with Gasteiger partial charge in [-0.1, -0.05) is 27.7 Å². The Bertz CT molecular complexity index is 272. The van der Waals surface area contributed by atoms with Crippen LogP contribution >= 0.6 is 0 Å². The highest BCUT2D eigenvalue weighted by Gasteiger charge is 2.49. The van der Waals surface area contributed by atoms with Crippen LogP contribution in [0.15, 0.2) is 0 Å². The molecular formula is C14H26O4. The number of carbonyl (C=O) groups is 2. The number of rotatable bonds is 7. The maximum atomic E-state index is 12.2. The lowest BCUT2D eigenvalue weighted by atomic mass is 9.74. The zero-order valence-corrected chi connectivity index (χ0v) is 12.4. The highest BCUT2D eigenvalue weighted by atomic mass is 16.6. The summed E-state index contributed by atoms with van der Waals surface area (Å²) in [5, 5.41) is 0. The second-order valence-corrected chi connectivity index (χ2v) is 5.49. The first-order valence-electron chi connectivity index (χ1n) is 6.55. The van der Waals surface area contributed by atoms with Crippen LogP contribution in [0.25, 0.3) is 0 Å². The molecular weight excluding hydrogens is 232 g/mol. The molecule has 0 aliphatic heterocycles. The van der Waals surface area contributed by atoms with Crippen LogP contribution in [0.4, 0.5) is 0 Å². The van der Waals surface area contributed by atoms with Crippen molar-refractivity contribution in [3.63, 3.8) is 0 Å². The van der Waals surface area contributed by atoms with Crippen molar-refractivity contribution in [2.24, 2.45) is 17.3 Å². The molecule has 0 aromatic rings. The van der Waals surface area contributed by atoms with E-state index in [9.17, 15) is 9.59 Å². The Balaban J connectivity index is 5.37. The Hall–Kier alpha value is -1.06. The lowest BCUT2D eigenvalue weighted by Crippen LogP contribution is -2.43. The Labute approximate surface area is 110 Å². The Morgan fingerprint density at radius 2 is 1.44 bits per heavy atom. The van der Waals surface area contributed by atoms with Crippen molar-refractivity contribution >= 4 is 11.9 Å². The van der Waals surface area contributed by atoms with Gasteiger partial charge in [-0.3, -0.25) is 9.59 Å². The maximum absolute atomic E-state index is 12.2. The van der Waals surface area contributed by atoms with Crippen LogP contribution in [-0.4, -0.2) is 25.7 Å². The van der Waals surface area contributed by atoms with Crippen molar-refractivity contribution in [3.8, 4) is 0 Å². The van der Waals surface area contributed by atoms with E-state index < -0.39 is 17.4 Å². The van der Waals surface area contributed by atoms with E-state index in [1.165, 1.54) is 7.11 Å². The molecule has 18 heavy (non-hydrogen) atoms. The van der Waals surface area contributed by atoms with E-state index in [4.69, 9.17) is 9.47 Å². The molecule has 0 aromatic carbocycles. The van der Waals surface area contributed by atoms with E-state index in [1.54, 1.807) is 6.92 Å². The molecule has 0 unspecified atom stereocenters. The topological polar surface area (TPSA) is 52.6 Å². The minimum absolute atomic E-state index is 0.215. The van der Waals surface area contributed by atoms with E-state index in [0.717, 1.165) is 0 Å². The third-order valence-electron chi connectivity index (χ3n) is 2.76. The second kappa shape index (κ2) is 7.39. The molecule has 0 heterocycles. The molecule has 0 aliphatic rings. The molecule has 0 aromatic heterocycles. The summed E-state index contributed by atoms with van der Waals surface area (Å²) in [6, 6.07) is 0. The average molecular weight is 258 g/mol. The lowest BCUT2D eigenvalue weighted by Gasteiger charge is -2.31. The van der Waals surface area contributed by atoms with Crippen molar-refractivity contribution in [2.75, 3.05) is 13.7 Å². The molecule has 0 saturated heterocycles. The third-order valence-corrected chi connectivity index (χ3v) is 2.76. The van der Waals surface area contributed by atoms with Gasteiger partial charge in [-0.25, -0.2) is 0 Å². The van der Waals surface area contributed by atoms with Gasteiger partial charge in [-0.2, -0.15) is 0 Å². The van der Waals surface area contributed by atoms with Gasteiger partial charge in [-0.05, 0) is 31.6 Å². The summed E-state index contributed by atoms with van der Waals surface area (Å²) in [7, 11) is 1.32. The Morgan fingerprint density at radius 1 is 1.00 bits per heavy atom. The van der Waals surface area contributed by atoms with Gasteiger partial charge in [0.1, 0.15) is 0 Å². The zero-order valence-electron chi connectivity index (χ0n) is 12.4. The molecule has 0 bridgehead atoms. The van der Waals surface area contributed by atoms with Gasteiger partial charge in [0.05, 0.1) is 13.7 Å². The van der Waals surface area contributed by atoms with E-state index in [-0.39, 0.29) is 18.4 Å². The number of esters is 2. The normalized spacial score (nSPS) is 11.8. The fraction of sp³-hybridized carbons (Fsp3) is 0.857. The smallest absolute Gasteiger partial charge is 0.323 e. The molecule has 0 atom stereocenters. The lowest BCUT2D eigenvalue weighted by molar-refractivity contribution is -0.173. The molecule has 0 radical (unpaired) electrons. The summed E-state index contributed by atoms with van der Waals surface area (Å²) in [6.45, 7) is 9.95. The van der Waals surface area contributed by atoms with Crippen molar-refractivity contribution in [2.45, 2.75) is 47.5 Å². The fourth-order valence-electron chi connectivity index (χ4n) is 2.36. The predicted octanol–water partition coefficient (Wildman–Crippen LogP) is 2.80.